The van der Waals surface area contributed by atoms with Crippen molar-refractivity contribution in [3.63, 3.8) is 0 Å². The topological polar surface area (TPSA) is 83.1 Å². The van der Waals surface area contributed by atoms with Crippen LogP contribution >= 0.6 is 12.2 Å². The Morgan fingerprint density at radius 1 is 1.09 bits per heavy atom. The molecular weight excluding hydrogens is 462 g/mol. The van der Waals surface area contributed by atoms with Crippen molar-refractivity contribution in [3.05, 3.63) is 89.6 Å². The highest BCUT2D eigenvalue weighted by Gasteiger charge is 2.35. The van der Waals surface area contributed by atoms with E-state index < -0.39 is 6.04 Å². The van der Waals surface area contributed by atoms with Crippen LogP contribution in [0, 0.1) is 0 Å². The Labute approximate surface area is 210 Å². The number of para-hydroxylation sites is 3. The molecule has 3 N–H and O–H groups in total. The van der Waals surface area contributed by atoms with Crippen LogP contribution in [-0.2, 0) is 4.79 Å². The molecule has 8 heteroatoms. The Kier molecular flexibility index (Phi) is 7.22. The summed E-state index contributed by atoms with van der Waals surface area (Å²) in [6.07, 6.45) is 0. The third-order valence-corrected chi connectivity index (χ3v) is 6.02. The first-order valence-corrected chi connectivity index (χ1v) is 11.6. The number of hydrogen-bond donors (Lipinski definition) is 3. The van der Waals surface area contributed by atoms with Gasteiger partial charge in [0.05, 0.1) is 31.0 Å². The largest absolute Gasteiger partial charge is 0.504 e. The average molecular weight is 490 g/mol. The number of aromatic hydroxyl groups is 1. The predicted molar refractivity (Wildman–Crippen MR) is 141 cm³/mol. The molecule has 1 amide bonds. The molecule has 1 atom stereocenters. The summed E-state index contributed by atoms with van der Waals surface area (Å²) < 4.78 is 11.0. The number of ether oxygens (including phenoxy) is 2. The minimum absolute atomic E-state index is 0.0284. The number of phenols is 1. The van der Waals surface area contributed by atoms with Crippen molar-refractivity contribution in [2.75, 3.05) is 23.9 Å². The molecule has 0 aliphatic carbocycles. The SMILES string of the molecule is CCOc1cc(C2NC(=S)N(c3ccccc3)C(C)=C2C(=O)Nc2ccccc2OC)ccc1O. The number of thiocarbonyl (C=S) groups is 1. The van der Waals surface area contributed by atoms with E-state index in [9.17, 15) is 9.90 Å². The maximum absolute atomic E-state index is 13.8. The Morgan fingerprint density at radius 3 is 2.51 bits per heavy atom. The fourth-order valence-corrected chi connectivity index (χ4v) is 4.45. The van der Waals surface area contributed by atoms with E-state index in [-0.39, 0.29) is 11.7 Å². The van der Waals surface area contributed by atoms with Gasteiger partial charge < -0.3 is 25.2 Å². The number of nitrogens with zero attached hydrogens (tertiary/aromatic N) is 1. The van der Waals surface area contributed by atoms with Crippen LogP contribution in [0.4, 0.5) is 11.4 Å². The van der Waals surface area contributed by atoms with E-state index in [1.54, 1.807) is 37.4 Å². The highest BCUT2D eigenvalue weighted by atomic mass is 32.1. The second-order valence-electron chi connectivity index (χ2n) is 7.87. The lowest BCUT2D eigenvalue weighted by Gasteiger charge is -2.38. The van der Waals surface area contributed by atoms with Crippen LogP contribution in [0.5, 0.6) is 17.2 Å². The van der Waals surface area contributed by atoms with Crippen LogP contribution in [0.3, 0.4) is 0 Å². The summed E-state index contributed by atoms with van der Waals surface area (Å²) in [4.78, 5) is 15.6. The van der Waals surface area contributed by atoms with Gasteiger partial charge in [0, 0.05) is 11.4 Å². The van der Waals surface area contributed by atoms with Crippen molar-refractivity contribution >= 4 is 34.6 Å². The average Bonchev–Trinajstić information content (AvgIpc) is 2.86. The second-order valence-corrected chi connectivity index (χ2v) is 8.25. The molecular formula is C27H27N3O4S. The molecule has 3 aromatic rings. The molecule has 1 aliphatic heterocycles. The normalized spacial score (nSPS) is 15.5. The van der Waals surface area contributed by atoms with Gasteiger partial charge in [-0.25, -0.2) is 0 Å². The molecule has 180 valence electrons. The fourth-order valence-electron chi connectivity index (χ4n) is 4.09. The predicted octanol–water partition coefficient (Wildman–Crippen LogP) is 5.15. The van der Waals surface area contributed by atoms with Gasteiger partial charge in [-0.3, -0.25) is 9.69 Å². The molecule has 0 radical (unpaired) electrons. The third kappa shape index (κ3) is 4.93. The Bertz CT molecular complexity index is 1280. The third-order valence-electron chi connectivity index (χ3n) is 5.72. The molecule has 0 bridgehead atoms. The van der Waals surface area contributed by atoms with E-state index in [0.717, 1.165) is 11.3 Å². The van der Waals surface area contributed by atoms with Crippen LogP contribution in [0.15, 0.2) is 84.1 Å². The second kappa shape index (κ2) is 10.5. The van der Waals surface area contributed by atoms with Gasteiger partial charge in [-0.1, -0.05) is 36.4 Å². The van der Waals surface area contributed by atoms with Crippen molar-refractivity contribution in [3.8, 4) is 17.2 Å². The van der Waals surface area contributed by atoms with Gasteiger partial charge in [-0.15, -0.1) is 0 Å². The van der Waals surface area contributed by atoms with E-state index in [1.165, 1.54) is 0 Å². The molecule has 1 heterocycles. The quantitative estimate of drug-likeness (QED) is 0.396. The number of anilines is 2. The zero-order valence-electron chi connectivity index (χ0n) is 19.7. The summed E-state index contributed by atoms with van der Waals surface area (Å²) in [6.45, 7) is 4.10. The molecule has 3 aromatic carbocycles. The summed E-state index contributed by atoms with van der Waals surface area (Å²) in [7, 11) is 1.56. The number of carbonyl (C=O) groups excluding carboxylic acids is 1. The smallest absolute Gasteiger partial charge is 0.255 e. The first kappa shape index (κ1) is 24.1. The minimum Gasteiger partial charge on any atom is -0.504 e. The van der Waals surface area contributed by atoms with Crippen LogP contribution in [0.2, 0.25) is 0 Å². The molecule has 1 aliphatic rings. The Morgan fingerprint density at radius 2 is 1.80 bits per heavy atom. The number of methoxy groups -OCH3 is 1. The minimum atomic E-state index is -0.572. The summed E-state index contributed by atoms with van der Waals surface area (Å²) >= 11 is 5.73. The van der Waals surface area contributed by atoms with Crippen LogP contribution in [0.25, 0.3) is 0 Å². The van der Waals surface area contributed by atoms with Crippen LogP contribution in [0.1, 0.15) is 25.5 Å². The Balaban J connectivity index is 1.82. The van der Waals surface area contributed by atoms with Crippen molar-refractivity contribution < 1.29 is 19.4 Å². The van der Waals surface area contributed by atoms with Gasteiger partial charge in [-0.2, -0.15) is 0 Å². The lowest BCUT2D eigenvalue weighted by molar-refractivity contribution is -0.113. The molecule has 7 nitrogen and oxygen atoms in total. The molecule has 4 rings (SSSR count). The molecule has 1 unspecified atom stereocenters. The number of benzene rings is 3. The molecule has 35 heavy (non-hydrogen) atoms. The lowest BCUT2D eigenvalue weighted by Crippen LogP contribution is -2.48. The number of allylic oxidation sites excluding steroid dienone is 1. The number of nitrogens with one attached hydrogen (secondary N) is 2. The number of amides is 1. The van der Waals surface area contributed by atoms with E-state index >= 15 is 0 Å². The van der Waals surface area contributed by atoms with Crippen LogP contribution in [-0.4, -0.2) is 29.8 Å². The van der Waals surface area contributed by atoms with Gasteiger partial charge in [0.15, 0.2) is 16.6 Å². The highest BCUT2D eigenvalue weighted by molar-refractivity contribution is 7.80. The van der Waals surface area contributed by atoms with Crippen molar-refractivity contribution in [2.24, 2.45) is 0 Å². The molecule has 0 saturated carbocycles. The summed E-state index contributed by atoms with van der Waals surface area (Å²) in [6, 6.07) is 21.3. The molecule has 0 spiro atoms. The van der Waals surface area contributed by atoms with Gasteiger partial charge in [-0.05, 0) is 68.0 Å². The molecule has 0 fully saturated rings. The lowest BCUT2D eigenvalue weighted by atomic mass is 9.93. The van der Waals surface area contributed by atoms with Gasteiger partial charge in [0.1, 0.15) is 5.75 Å². The monoisotopic (exact) mass is 489 g/mol. The van der Waals surface area contributed by atoms with E-state index in [1.807, 2.05) is 61.2 Å². The maximum atomic E-state index is 13.8. The van der Waals surface area contributed by atoms with Crippen molar-refractivity contribution in [2.45, 2.75) is 19.9 Å². The van der Waals surface area contributed by atoms with Crippen molar-refractivity contribution in [1.82, 2.24) is 5.32 Å². The number of carbonyl (C=O) groups is 1. The van der Waals surface area contributed by atoms with E-state index in [4.69, 9.17) is 21.7 Å². The summed E-state index contributed by atoms with van der Waals surface area (Å²) in [5.74, 6) is 0.614. The Hall–Kier alpha value is -4.04. The standard InChI is InChI=1S/C27H27N3O4S/c1-4-34-23-16-18(14-15-21(23)31)25-24(26(32)28-20-12-8-9-13-22(20)33-3)17(2)30(27(35)29-25)19-10-6-5-7-11-19/h5-16,25,31H,4H2,1-3H3,(H,28,32)(H,29,35). The van der Waals surface area contributed by atoms with Crippen molar-refractivity contribution in [1.29, 1.82) is 0 Å². The first-order chi connectivity index (χ1) is 16.9. The number of hydrogen-bond acceptors (Lipinski definition) is 5. The number of rotatable bonds is 7. The maximum Gasteiger partial charge on any atom is 0.255 e. The summed E-state index contributed by atoms with van der Waals surface area (Å²) in [5.41, 5.74) is 3.28. The summed E-state index contributed by atoms with van der Waals surface area (Å²) in [5, 5.41) is 17.0. The number of phenolic OH excluding ortho intramolecular Hbond substituents is 1. The van der Waals surface area contributed by atoms with E-state index in [0.29, 0.717) is 40.2 Å². The first-order valence-electron chi connectivity index (χ1n) is 11.2. The fraction of sp³-hybridized carbons (Fsp3) is 0.185. The molecule has 0 saturated heterocycles. The zero-order valence-corrected chi connectivity index (χ0v) is 20.6. The van der Waals surface area contributed by atoms with Gasteiger partial charge in [0.25, 0.3) is 5.91 Å². The zero-order chi connectivity index (χ0) is 24.9. The highest BCUT2D eigenvalue weighted by Crippen LogP contribution is 2.37. The van der Waals surface area contributed by atoms with Gasteiger partial charge >= 0.3 is 0 Å². The van der Waals surface area contributed by atoms with E-state index in [2.05, 4.69) is 10.6 Å². The molecule has 0 aromatic heterocycles. The van der Waals surface area contributed by atoms with Crippen LogP contribution < -0.4 is 25.0 Å². The van der Waals surface area contributed by atoms with Gasteiger partial charge in [0.2, 0.25) is 0 Å².